The van der Waals surface area contributed by atoms with Crippen LogP contribution in [0.3, 0.4) is 0 Å². The van der Waals surface area contributed by atoms with E-state index in [1.165, 1.54) is 0 Å². The third kappa shape index (κ3) is 7.46. The maximum absolute atomic E-state index is 12.7. The summed E-state index contributed by atoms with van der Waals surface area (Å²) in [5.41, 5.74) is 6.35. The van der Waals surface area contributed by atoms with Crippen LogP contribution in [0, 0.1) is 17.2 Å². The summed E-state index contributed by atoms with van der Waals surface area (Å²) in [6.07, 6.45) is 2.89. The molecular weight excluding hydrogens is 416 g/mol. The number of hydrogen-bond donors (Lipinski definition) is 2. The molecule has 0 aromatic carbocycles. The van der Waals surface area contributed by atoms with Crippen molar-refractivity contribution in [3.05, 3.63) is 17.6 Å². The number of amides is 1. The van der Waals surface area contributed by atoms with E-state index >= 15 is 0 Å². The van der Waals surface area contributed by atoms with Gasteiger partial charge in [-0.2, -0.15) is 5.26 Å². The average Bonchev–Trinajstić information content (AvgIpc) is 2.78. The lowest BCUT2D eigenvalue weighted by Gasteiger charge is -2.31. The predicted molar refractivity (Wildman–Crippen MR) is 114 cm³/mol. The molecule has 0 spiro atoms. The van der Waals surface area contributed by atoms with Crippen molar-refractivity contribution < 1.29 is 23.9 Å². The number of nitrogens with zero attached hydrogens (tertiary/aromatic N) is 4. The molecule has 32 heavy (non-hydrogen) atoms. The lowest BCUT2D eigenvalue weighted by atomic mass is 9.95. The first-order valence-corrected chi connectivity index (χ1v) is 10.7. The van der Waals surface area contributed by atoms with Gasteiger partial charge in [-0.05, 0) is 46.2 Å². The molecule has 11 heteroatoms. The number of esters is 2. The van der Waals surface area contributed by atoms with Crippen LogP contribution in [0.15, 0.2) is 6.20 Å². The highest BCUT2D eigenvalue weighted by atomic mass is 16.5. The highest BCUT2D eigenvalue weighted by molar-refractivity contribution is 5.86. The van der Waals surface area contributed by atoms with Gasteiger partial charge in [-0.3, -0.25) is 14.5 Å². The number of ether oxygens (including phenoxy) is 2. The summed E-state index contributed by atoms with van der Waals surface area (Å²) in [6.45, 7) is 5.64. The van der Waals surface area contributed by atoms with Crippen molar-refractivity contribution in [2.75, 3.05) is 32.0 Å². The highest BCUT2D eigenvalue weighted by Crippen LogP contribution is 2.20. The topological polar surface area (TPSA) is 161 Å². The van der Waals surface area contributed by atoms with Crippen molar-refractivity contribution in [3.8, 4) is 6.07 Å². The van der Waals surface area contributed by atoms with E-state index in [0.717, 1.165) is 0 Å². The largest absolute Gasteiger partial charge is 0.466 e. The van der Waals surface area contributed by atoms with E-state index in [0.29, 0.717) is 38.2 Å². The molecule has 2 rings (SSSR count). The maximum Gasteiger partial charge on any atom is 0.328 e. The first-order chi connectivity index (χ1) is 15.4. The SMILES string of the molecule is CCOC(=O)CC[C@H](NC(=O)C1CCN(Cc2cnc(N)c(C#N)n2)CC1)C(=O)OCC. The summed E-state index contributed by atoms with van der Waals surface area (Å²) >= 11 is 0. The summed E-state index contributed by atoms with van der Waals surface area (Å²) in [4.78, 5) is 46.9. The molecule has 2 heterocycles. The number of aromatic nitrogens is 2. The second-order valence-corrected chi connectivity index (χ2v) is 7.41. The minimum absolute atomic E-state index is 0.0172. The number of nitrogens with two attached hydrogens (primary N) is 1. The number of piperidine rings is 1. The van der Waals surface area contributed by atoms with Crippen molar-refractivity contribution in [2.24, 2.45) is 5.92 Å². The number of hydrogen-bond acceptors (Lipinski definition) is 10. The first kappa shape index (κ1) is 25.0. The number of carbonyl (C=O) groups excluding carboxylic acids is 3. The van der Waals surface area contributed by atoms with Gasteiger partial charge < -0.3 is 20.5 Å². The van der Waals surface area contributed by atoms with Crippen LogP contribution >= 0.6 is 0 Å². The smallest absolute Gasteiger partial charge is 0.328 e. The lowest BCUT2D eigenvalue weighted by Crippen LogP contribution is -2.47. The summed E-state index contributed by atoms with van der Waals surface area (Å²) in [6, 6.07) is 1.03. The van der Waals surface area contributed by atoms with Crippen LogP contribution in [-0.4, -0.2) is 65.1 Å². The molecule has 1 fully saturated rings. The molecule has 3 N–H and O–H groups in total. The molecule has 0 aliphatic carbocycles. The zero-order chi connectivity index (χ0) is 23.5. The zero-order valence-electron chi connectivity index (χ0n) is 18.5. The van der Waals surface area contributed by atoms with Crippen LogP contribution in [0.25, 0.3) is 0 Å². The van der Waals surface area contributed by atoms with Crippen LogP contribution in [0.4, 0.5) is 5.82 Å². The minimum atomic E-state index is -0.889. The van der Waals surface area contributed by atoms with E-state index in [9.17, 15) is 14.4 Å². The monoisotopic (exact) mass is 446 g/mol. The predicted octanol–water partition coefficient (Wildman–Crippen LogP) is 0.534. The molecule has 1 aromatic heterocycles. The maximum atomic E-state index is 12.7. The molecule has 1 aliphatic heterocycles. The van der Waals surface area contributed by atoms with Gasteiger partial charge in [-0.25, -0.2) is 14.8 Å². The van der Waals surface area contributed by atoms with Crippen LogP contribution in [0.2, 0.25) is 0 Å². The molecular formula is C21H30N6O5. The van der Waals surface area contributed by atoms with Gasteiger partial charge >= 0.3 is 11.9 Å². The zero-order valence-corrected chi connectivity index (χ0v) is 18.5. The Morgan fingerprint density at radius 1 is 1.28 bits per heavy atom. The summed E-state index contributed by atoms with van der Waals surface area (Å²) in [5, 5.41) is 11.8. The number of nitrogen functional groups attached to an aromatic ring is 1. The normalized spacial score (nSPS) is 15.4. The average molecular weight is 447 g/mol. The van der Waals surface area contributed by atoms with E-state index in [4.69, 9.17) is 20.5 Å². The molecule has 1 aromatic rings. The molecule has 1 amide bonds. The van der Waals surface area contributed by atoms with Gasteiger partial charge in [0.25, 0.3) is 0 Å². The number of anilines is 1. The Morgan fingerprint density at radius 3 is 2.59 bits per heavy atom. The molecule has 1 saturated heterocycles. The Bertz CT molecular complexity index is 848. The van der Waals surface area contributed by atoms with E-state index < -0.39 is 18.0 Å². The van der Waals surface area contributed by atoms with Crippen LogP contribution in [0.5, 0.6) is 0 Å². The van der Waals surface area contributed by atoms with Gasteiger partial charge in [0.1, 0.15) is 12.1 Å². The quantitative estimate of drug-likeness (QED) is 0.485. The fraction of sp³-hybridized carbons (Fsp3) is 0.619. The molecule has 0 unspecified atom stereocenters. The first-order valence-electron chi connectivity index (χ1n) is 10.7. The van der Waals surface area contributed by atoms with E-state index in [-0.39, 0.29) is 49.4 Å². The number of nitriles is 1. The van der Waals surface area contributed by atoms with Gasteiger partial charge in [0.2, 0.25) is 5.91 Å². The summed E-state index contributed by atoms with van der Waals surface area (Å²) < 4.78 is 9.93. The molecule has 1 atom stereocenters. The summed E-state index contributed by atoms with van der Waals surface area (Å²) in [7, 11) is 0. The van der Waals surface area contributed by atoms with Crippen LogP contribution in [-0.2, 0) is 30.4 Å². The van der Waals surface area contributed by atoms with Crippen molar-refractivity contribution >= 4 is 23.7 Å². The Kier molecular flexibility index (Phi) is 9.81. The number of carbonyl (C=O) groups is 3. The highest BCUT2D eigenvalue weighted by Gasteiger charge is 2.30. The molecule has 0 radical (unpaired) electrons. The van der Waals surface area contributed by atoms with Crippen molar-refractivity contribution in [3.63, 3.8) is 0 Å². The van der Waals surface area contributed by atoms with Gasteiger partial charge in [0.05, 0.1) is 25.1 Å². The van der Waals surface area contributed by atoms with E-state index in [1.807, 2.05) is 6.07 Å². The van der Waals surface area contributed by atoms with E-state index in [1.54, 1.807) is 20.0 Å². The van der Waals surface area contributed by atoms with Gasteiger partial charge in [0.15, 0.2) is 11.5 Å². The van der Waals surface area contributed by atoms with Crippen LogP contribution < -0.4 is 11.1 Å². The van der Waals surface area contributed by atoms with Crippen molar-refractivity contribution in [1.29, 1.82) is 5.26 Å². The summed E-state index contributed by atoms with van der Waals surface area (Å²) in [5.74, 6) is -1.36. The third-order valence-electron chi connectivity index (χ3n) is 5.13. The number of likely N-dealkylation sites (tertiary alicyclic amines) is 1. The molecule has 0 bridgehead atoms. The molecule has 1 aliphatic rings. The van der Waals surface area contributed by atoms with E-state index in [2.05, 4.69) is 20.2 Å². The lowest BCUT2D eigenvalue weighted by molar-refractivity contribution is -0.149. The Hall–Kier alpha value is -3.26. The number of rotatable bonds is 10. The van der Waals surface area contributed by atoms with Gasteiger partial charge in [-0.1, -0.05) is 0 Å². The fourth-order valence-electron chi connectivity index (χ4n) is 3.45. The standard InChI is InChI=1S/C21H30N6O5/c1-3-31-18(28)6-5-16(21(30)32-4-2)26-20(29)14-7-9-27(10-8-14)13-15-12-24-19(23)17(11-22)25-15/h12,14,16H,3-10,13H2,1-2H3,(H2,23,24)(H,26,29)/t16-/m0/s1. The Labute approximate surface area is 187 Å². The van der Waals surface area contributed by atoms with Gasteiger partial charge in [0, 0.05) is 18.9 Å². The Balaban J connectivity index is 1.88. The third-order valence-corrected chi connectivity index (χ3v) is 5.13. The molecule has 0 saturated carbocycles. The molecule has 11 nitrogen and oxygen atoms in total. The second kappa shape index (κ2) is 12.6. The van der Waals surface area contributed by atoms with Crippen molar-refractivity contribution in [2.45, 2.75) is 52.1 Å². The molecule has 174 valence electrons. The van der Waals surface area contributed by atoms with Gasteiger partial charge in [-0.15, -0.1) is 0 Å². The van der Waals surface area contributed by atoms with Crippen LogP contribution in [0.1, 0.15) is 50.9 Å². The fourth-order valence-corrected chi connectivity index (χ4v) is 3.45. The number of nitrogens with one attached hydrogen (secondary N) is 1. The van der Waals surface area contributed by atoms with Crippen molar-refractivity contribution in [1.82, 2.24) is 20.2 Å². The minimum Gasteiger partial charge on any atom is -0.466 e. The Morgan fingerprint density at radius 2 is 1.97 bits per heavy atom. The second-order valence-electron chi connectivity index (χ2n) is 7.41.